The van der Waals surface area contributed by atoms with E-state index in [2.05, 4.69) is 80.3 Å². The molecule has 2 aliphatic carbocycles. The topological polar surface area (TPSA) is 199 Å². The van der Waals surface area contributed by atoms with E-state index < -0.39 is 12.1 Å². The van der Waals surface area contributed by atoms with Gasteiger partial charge in [0.1, 0.15) is 18.0 Å². The number of nitrogens with one attached hydrogen (secondary N) is 5. The Bertz CT molecular complexity index is 2680. The van der Waals surface area contributed by atoms with E-state index in [1.165, 1.54) is 59.2 Å². The molecule has 10 rings (SSSR count). The smallest absolute Gasteiger partial charge is 0.407 e. The van der Waals surface area contributed by atoms with Crippen molar-refractivity contribution in [1.82, 2.24) is 46.2 Å². The maximum Gasteiger partial charge on any atom is 0.407 e. The summed E-state index contributed by atoms with van der Waals surface area (Å²) in [6.45, 7) is 9.42. The summed E-state index contributed by atoms with van der Waals surface area (Å²) >= 11 is 1.87. The third kappa shape index (κ3) is 9.78. The Morgan fingerprint density at radius 1 is 0.871 bits per heavy atom. The average molecular weight is 980 g/mol. The number of likely N-dealkylation sites (N-methyl/N-ethyl adjacent to an activating group) is 1. The number of aromatic nitrogens is 3. The number of hydrogen-bond donors (Lipinski definition) is 6. The average Bonchev–Trinajstić information content (AvgIpc) is 4.23. The number of imidazole rings is 1. The van der Waals surface area contributed by atoms with Crippen molar-refractivity contribution < 1.29 is 33.5 Å². The Morgan fingerprint density at radius 3 is 2.26 bits per heavy atom. The summed E-state index contributed by atoms with van der Waals surface area (Å²) in [7, 11) is 7.44. The predicted octanol–water partition coefficient (Wildman–Crippen LogP) is 8.12. The molecule has 3 aliphatic heterocycles. The van der Waals surface area contributed by atoms with Crippen LogP contribution in [0.4, 0.5) is 4.79 Å². The van der Waals surface area contributed by atoms with E-state index >= 15 is 0 Å². The molecule has 5 aliphatic rings. The molecule has 2 saturated heterocycles. The third-order valence-electron chi connectivity index (χ3n) is 15.1. The van der Waals surface area contributed by atoms with Crippen molar-refractivity contribution in [3.63, 3.8) is 0 Å². The van der Waals surface area contributed by atoms with Crippen molar-refractivity contribution in [1.29, 1.82) is 0 Å². The van der Waals surface area contributed by atoms with Crippen LogP contribution in [0.25, 0.3) is 48.6 Å². The first-order valence-corrected chi connectivity index (χ1v) is 25.9. The van der Waals surface area contributed by atoms with Crippen LogP contribution in [0.5, 0.6) is 0 Å². The van der Waals surface area contributed by atoms with Crippen LogP contribution in [0.15, 0.2) is 47.3 Å². The number of alkyl carbamates (subject to hydrolysis) is 1. The Kier molecular flexibility index (Phi) is 15.9. The number of ether oxygens (including phenoxy) is 2. The van der Waals surface area contributed by atoms with E-state index in [9.17, 15) is 14.4 Å². The zero-order valence-corrected chi connectivity index (χ0v) is 43.2. The number of fused-ring (bicyclic) bond motifs is 3. The summed E-state index contributed by atoms with van der Waals surface area (Å²) in [5, 5.41) is 25.6. The van der Waals surface area contributed by atoms with Gasteiger partial charge in [-0.2, -0.15) is 0 Å². The molecule has 6 heterocycles. The van der Waals surface area contributed by atoms with Crippen LogP contribution in [0.3, 0.4) is 0 Å². The van der Waals surface area contributed by atoms with Crippen LogP contribution in [0, 0.1) is 17.3 Å². The lowest BCUT2D eigenvalue weighted by atomic mass is 9.83. The monoisotopic (exact) mass is 980 g/mol. The summed E-state index contributed by atoms with van der Waals surface area (Å²) in [6.07, 6.45) is 14.9. The molecular weight excluding hydrogens is 907 g/mol. The number of carbonyl (C=O) groups excluding carboxylic acids is 3. The number of hydrogen-bond acceptors (Lipinski definition) is 13. The first-order valence-electron chi connectivity index (χ1n) is 25.1. The molecule has 5 aromatic rings. The third-order valence-corrected chi connectivity index (χ3v) is 16.5. The maximum atomic E-state index is 14.0. The Labute approximate surface area is 415 Å². The van der Waals surface area contributed by atoms with E-state index in [1.54, 1.807) is 14.2 Å². The van der Waals surface area contributed by atoms with Gasteiger partial charge in [-0.1, -0.05) is 57.8 Å². The first kappa shape index (κ1) is 50.9. The molecule has 5 unspecified atom stereocenters. The first-order chi connectivity index (χ1) is 33.9. The van der Waals surface area contributed by atoms with Crippen LogP contribution in [-0.4, -0.2) is 121 Å². The number of amides is 3. The molecule has 0 radical (unpaired) electrons. The second-order valence-corrected chi connectivity index (χ2v) is 21.3. The number of rotatable bonds is 11. The van der Waals surface area contributed by atoms with Crippen LogP contribution in [0.2, 0.25) is 0 Å². The number of aliphatic hydroxyl groups is 1. The highest BCUT2D eigenvalue weighted by Gasteiger charge is 2.44. The van der Waals surface area contributed by atoms with Crippen LogP contribution in [-0.2, 0) is 31.9 Å². The fourth-order valence-electron chi connectivity index (χ4n) is 11.8. The van der Waals surface area contributed by atoms with Crippen molar-refractivity contribution in [3.8, 4) is 20.9 Å². The lowest BCUT2D eigenvalue weighted by Crippen LogP contribution is -2.61. The number of benzene rings is 2. The van der Waals surface area contributed by atoms with E-state index in [4.69, 9.17) is 19.4 Å². The highest BCUT2D eigenvalue weighted by molar-refractivity contribution is 7.19. The summed E-state index contributed by atoms with van der Waals surface area (Å²) in [5.41, 5.74) is 9.99. The molecule has 1 saturated carbocycles. The standard InChI is InChI=1S/C50H63N9O5S.C2H6O.CH4O/c1-27(2)40(51-5)47(60)59-21-11-13-39(59)46-54-35-17-14-29(22-36(35)55-46)43-32-23-50(18-8-9-19-50)24-33(32)44(65-43)30-15-16-31(42-34(30)25-53-64-42)37-26-52-45(56-37)38-12-7-10-20-58(38)48(61)41(28(3)4)57-49(62)63-6;1-3-2;1-2/h14-17,22,25-28,38-41,45,51-52,56H,7-13,18-21,23-24H2,1-6H3,(H,54,55)(H,57,62);1-2H3;2H,1H3. The van der Waals surface area contributed by atoms with Gasteiger partial charge in [0, 0.05) is 61.5 Å². The molecule has 2 aromatic carbocycles. The number of methoxy groups -OCH3 is 2. The van der Waals surface area contributed by atoms with Crippen LogP contribution >= 0.6 is 11.3 Å². The second-order valence-electron chi connectivity index (χ2n) is 20.3. The van der Waals surface area contributed by atoms with Crippen molar-refractivity contribution in [2.45, 2.75) is 129 Å². The van der Waals surface area contributed by atoms with Crippen molar-refractivity contribution in [3.05, 3.63) is 65.2 Å². The molecular formula is C53H73N9O7S. The summed E-state index contributed by atoms with van der Waals surface area (Å²) in [4.78, 5) is 55.2. The van der Waals surface area contributed by atoms with Crippen molar-refractivity contribution >= 4 is 56.9 Å². The maximum absolute atomic E-state index is 14.0. The molecule has 3 amide bonds. The van der Waals surface area contributed by atoms with Gasteiger partial charge < -0.3 is 55.2 Å². The molecule has 378 valence electrons. The number of carbonyl (C=O) groups is 3. The zero-order chi connectivity index (χ0) is 49.9. The van der Waals surface area contributed by atoms with E-state index in [0.29, 0.717) is 12.0 Å². The number of aliphatic hydroxyl groups excluding tert-OH is 1. The molecule has 0 bridgehead atoms. The fourth-order valence-corrected chi connectivity index (χ4v) is 13.2. The van der Waals surface area contributed by atoms with Gasteiger partial charge in [-0.05, 0) is 117 Å². The molecule has 70 heavy (non-hydrogen) atoms. The molecule has 3 fully saturated rings. The van der Waals surface area contributed by atoms with Gasteiger partial charge in [0.15, 0.2) is 5.58 Å². The van der Waals surface area contributed by atoms with E-state index in [0.717, 1.165) is 103 Å². The molecule has 3 aromatic heterocycles. The number of H-pyrrole nitrogens is 1. The number of likely N-dealkylation sites (tertiary alicyclic amines) is 2. The van der Waals surface area contributed by atoms with Gasteiger partial charge >= 0.3 is 6.09 Å². The molecule has 5 atom stereocenters. The molecule has 6 N–H and O–H groups in total. The van der Waals surface area contributed by atoms with Gasteiger partial charge in [-0.25, -0.2) is 9.78 Å². The summed E-state index contributed by atoms with van der Waals surface area (Å²) in [6, 6.07) is 9.93. The molecule has 17 heteroatoms. The lowest BCUT2D eigenvalue weighted by molar-refractivity contribution is -0.139. The fraction of sp³-hybridized carbons (Fsp3) is 0.566. The molecule has 1 spiro atoms. The summed E-state index contributed by atoms with van der Waals surface area (Å²) < 4.78 is 15.2. The highest BCUT2D eigenvalue weighted by Crippen LogP contribution is 2.57. The number of aromatic amines is 1. The minimum Gasteiger partial charge on any atom is -0.453 e. The number of thiophene rings is 1. The minimum absolute atomic E-state index is 0.0657. The van der Waals surface area contributed by atoms with Gasteiger partial charge in [0.05, 0.1) is 53.5 Å². The normalized spacial score (nSPS) is 21.2. The highest BCUT2D eigenvalue weighted by atomic mass is 32.1. The van der Waals surface area contributed by atoms with E-state index in [-0.39, 0.29) is 47.9 Å². The zero-order valence-electron chi connectivity index (χ0n) is 42.4. The summed E-state index contributed by atoms with van der Waals surface area (Å²) in [5.74, 6) is 1.00. The quantitative estimate of drug-likeness (QED) is 0.0745. The second kappa shape index (κ2) is 21.9. The largest absolute Gasteiger partial charge is 0.453 e. The molecule has 16 nitrogen and oxygen atoms in total. The van der Waals surface area contributed by atoms with Crippen molar-refractivity contribution in [2.24, 2.45) is 17.3 Å². The van der Waals surface area contributed by atoms with E-state index in [1.807, 2.05) is 54.4 Å². The predicted molar refractivity (Wildman–Crippen MR) is 275 cm³/mol. The SMILES string of the molecule is CNC(C(=O)N1CCCC1c1nc2ccc(-c3sc(-c4ccc(C5=CNC(C6CCCCN6C(=O)C(NC(=O)OC)C(C)C)N5)c5oncc45)c4c3CC3(CCCC3)C4)cc2[nH]1)C(C)C.CO.COC. The van der Waals surface area contributed by atoms with Crippen molar-refractivity contribution in [2.75, 3.05) is 48.6 Å². The van der Waals surface area contributed by atoms with Crippen LogP contribution < -0.4 is 21.3 Å². The Morgan fingerprint density at radius 2 is 1.56 bits per heavy atom. The van der Waals surface area contributed by atoms with Gasteiger partial charge in [0.25, 0.3) is 0 Å². The lowest BCUT2D eigenvalue weighted by Gasteiger charge is -2.41. The number of nitrogens with zero attached hydrogens (tertiary/aromatic N) is 4. The number of piperidine rings is 1. The Balaban J connectivity index is 0.00000127. The van der Waals surface area contributed by atoms with Gasteiger partial charge in [-0.3, -0.25) is 9.59 Å². The van der Waals surface area contributed by atoms with Crippen LogP contribution in [0.1, 0.15) is 114 Å². The minimum atomic E-state index is -0.686. The van der Waals surface area contributed by atoms with Gasteiger partial charge in [0.2, 0.25) is 11.8 Å². The van der Waals surface area contributed by atoms with Gasteiger partial charge in [-0.15, -0.1) is 11.3 Å². The Hall–Kier alpha value is -5.49.